The Morgan fingerprint density at radius 1 is 1.17 bits per heavy atom. The maximum Gasteiger partial charge on any atom is 0.256 e. The van der Waals surface area contributed by atoms with Gasteiger partial charge in [-0.2, -0.15) is 0 Å². The number of amides is 2. The van der Waals surface area contributed by atoms with Crippen molar-refractivity contribution in [2.24, 2.45) is 0 Å². The van der Waals surface area contributed by atoms with E-state index >= 15 is 0 Å². The molecule has 30 heavy (non-hydrogen) atoms. The molecule has 1 aliphatic carbocycles. The number of ether oxygens (including phenoxy) is 1. The van der Waals surface area contributed by atoms with Crippen molar-refractivity contribution in [2.75, 3.05) is 23.4 Å². The summed E-state index contributed by atoms with van der Waals surface area (Å²) in [6.45, 7) is 2.44. The molecule has 0 bridgehead atoms. The standard InChI is InChI=1S/C21H24N2O5S2/c1-2-28-15-8-6-13(7-9-15)19(24)23-21-18(16-4-3-5-17(16)29-21)20(25)22-14-10-11-30(26,27)12-14/h6-9,14H,2-5,10-12H2,1H3,(H,22,25)(H,23,24). The molecular weight excluding hydrogens is 424 g/mol. The van der Waals surface area contributed by atoms with Crippen LogP contribution in [-0.4, -0.2) is 44.4 Å². The maximum absolute atomic E-state index is 13.0. The number of fused-ring (bicyclic) bond motifs is 1. The summed E-state index contributed by atoms with van der Waals surface area (Å²) < 4.78 is 28.8. The van der Waals surface area contributed by atoms with Gasteiger partial charge in [-0.3, -0.25) is 9.59 Å². The molecule has 1 fully saturated rings. The molecule has 1 atom stereocenters. The van der Waals surface area contributed by atoms with Gasteiger partial charge in [-0.25, -0.2) is 8.42 Å². The second-order valence-electron chi connectivity index (χ2n) is 7.55. The summed E-state index contributed by atoms with van der Waals surface area (Å²) >= 11 is 1.43. The van der Waals surface area contributed by atoms with Gasteiger partial charge in [0.05, 0.1) is 23.7 Å². The summed E-state index contributed by atoms with van der Waals surface area (Å²) in [5, 5.41) is 6.28. The minimum absolute atomic E-state index is 0.0288. The van der Waals surface area contributed by atoms with Crippen molar-refractivity contribution in [3.63, 3.8) is 0 Å². The summed E-state index contributed by atoms with van der Waals surface area (Å²) in [5.41, 5.74) is 1.93. The second-order valence-corrected chi connectivity index (χ2v) is 10.9. The van der Waals surface area contributed by atoms with Gasteiger partial charge < -0.3 is 15.4 Å². The quantitative estimate of drug-likeness (QED) is 0.708. The Bertz CT molecular complexity index is 1070. The lowest BCUT2D eigenvalue weighted by Gasteiger charge is -2.13. The van der Waals surface area contributed by atoms with E-state index in [4.69, 9.17) is 4.74 Å². The fourth-order valence-corrected chi connectivity index (χ4v) is 6.90. The van der Waals surface area contributed by atoms with Crippen LogP contribution in [0.3, 0.4) is 0 Å². The first-order valence-corrected chi connectivity index (χ1v) is 12.7. The van der Waals surface area contributed by atoms with Crippen LogP contribution in [0.15, 0.2) is 24.3 Å². The third-order valence-electron chi connectivity index (χ3n) is 5.37. The number of anilines is 1. The number of aryl methyl sites for hydroxylation is 1. The highest BCUT2D eigenvalue weighted by molar-refractivity contribution is 7.91. The van der Waals surface area contributed by atoms with Crippen molar-refractivity contribution in [1.29, 1.82) is 0 Å². The van der Waals surface area contributed by atoms with Crippen molar-refractivity contribution in [3.05, 3.63) is 45.8 Å². The van der Waals surface area contributed by atoms with Gasteiger partial charge in [0.2, 0.25) is 0 Å². The molecule has 1 saturated heterocycles. The lowest BCUT2D eigenvalue weighted by molar-refractivity contribution is 0.0941. The SMILES string of the molecule is CCOc1ccc(C(=O)Nc2sc3c(c2C(=O)NC2CCS(=O)(=O)C2)CCC3)cc1. The van der Waals surface area contributed by atoms with E-state index < -0.39 is 9.84 Å². The van der Waals surface area contributed by atoms with Crippen LogP contribution in [0, 0.1) is 0 Å². The molecule has 1 unspecified atom stereocenters. The molecule has 2 aromatic rings. The molecule has 0 spiro atoms. The number of carbonyl (C=O) groups excluding carboxylic acids is 2. The van der Waals surface area contributed by atoms with Gasteiger partial charge in [0.1, 0.15) is 10.8 Å². The Hall–Kier alpha value is -2.39. The van der Waals surface area contributed by atoms with Crippen LogP contribution in [0.5, 0.6) is 5.75 Å². The summed E-state index contributed by atoms with van der Waals surface area (Å²) in [6.07, 6.45) is 3.08. The van der Waals surface area contributed by atoms with E-state index in [0.29, 0.717) is 34.9 Å². The lowest BCUT2D eigenvalue weighted by atomic mass is 10.1. The molecule has 4 rings (SSSR count). The minimum Gasteiger partial charge on any atom is -0.494 e. The number of benzene rings is 1. The van der Waals surface area contributed by atoms with Gasteiger partial charge >= 0.3 is 0 Å². The fourth-order valence-electron chi connectivity index (χ4n) is 3.94. The van der Waals surface area contributed by atoms with Crippen LogP contribution >= 0.6 is 11.3 Å². The molecule has 1 aromatic heterocycles. The predicted octanol–water partition coefficient (Wildman–Crippen LogP) is 2.80. The molecular formula is C21H24N2O5S2. The Balaban J connectivity index is 1.53. The van der Waals surface area contributed by atoms with E-state index in [1.54, 1.807) is 24.3 Å². The first-order chi connectivity index (χ1) is 14.4. The zero-order valence-electron chi connectivity index (χ0n) is 16.7. The van der Waals surface area contributed by atoms with Crippen LogP contribution in [0.1, 0.15) is 50.9 Å². The van der Waals surface area contributed by atoms with Crippen molar-refractivity contribution in [2.45, 2.75) is 38.6 Å². The molecule has 1 aromatic carbocycles. The number of nitrogens with one attached hydrogen (secondary N) is 2. The normalized spacial score (nSPS) is 19.3. The fraction of sp³-hybridized carbons (Fsp3) is 0.429. The molecule has 2 heterocycles. The Morgan fingerprint density at radius 2 is 1.93 bits per heavy atom. The third kappa shape index (κ3) is 4.37. The number of hydrogen-bond acceptors (Lipinski definition) is 6. The number of carbonyl (C=O) groups is 2. The van der Waals surface area contributed by atoms with Crippen molar-refractivity contribution in [3.8, 4) is 5.75 Å². The third-order valence-corrected chi connectivity index (χ3v) is 8.35. The number of sulfone groups is 1. The van der Waals surface area contributed by atoms with Gasteiger partial charge in [0.15, 0.2) is 9.84 Å². The molecule has 7 nitrogen and oxygen atoms in total. The van der Waals surface area contributed by atoms with Crippen LogP contribution in [0.25, 0.3) is 0 Å². The molecule has 2 amide bonds. The van der Waals surface area contributed by atoms with E-state index in [0.717, 1.165) is 29.7 Å². The summed E-state index contributed by atoms with van der Waals surface area (Å²) in [5.74, 6) is 0.157. The largest absolute Gasteiger partial charge is 0.494 e. The lowest BCUT2D eigenvalue weighted by Crippen LogP contribution is -2.36. The van der Waals surface area contributed by atoms with Gasteiger partial charge in [0, 0.05) is 16.5 Å². The highest BCUT2D eigenvalue weighted by Gasteiger charge is 2.32. The van der Waals surface area contributed by atoms with Crippen molar-refractivity contribution < 1.29 is 22.7 Å². The van der Waals surface area contributed by atoms with E-state index in [1.165, 1.54) is 11.3 Å². The van der Waals surface area contributed by atoms with E-state index in [-0.39, 0.29) is 29.4 Å². The smallest absolute Gasteiger partial charge is 0.256 e. The van der Waals surface area contributed by atoms with E-state index in [1.807, 2.05) is 6.92 Å². The predicted molar refractivity (Wildman–Crippen MR) is 116 cm³/mol. The molecule has 2 N–H and O–H groups in total. The Morgan fingerprint density at radius 3 is 2.60 bits per heavy atom. The molecule has 1 aliphatic heterocycles. The molecule has 160 valence electrons. The zero-order valence-corrected chi connectivity index (χ0v) is 18.3. The highest BCUT2D eigenvalue weighted by atomic mass is 32.2. The Kier molecular flexibility index (Phi) is 5.84. The van der Waals surface area contributed by atoms with Gasteiger partial charge in [0.25, 0.3) is 11.8 Å². The number of thiophene rings is 1. The van der Waals surface area contributed by atoms with Crippen LogP contribution in [0.2, 0.25) is 0 Å². The highest BCUT2D eigenvalue weighted by Crippen LogP contribution is 2.39. The maximum atomic E-state index is 13.0. The average molecular weight is 449 g/mol. The monoisotopic (exact) mass is 448 g/mol. The van der Waals surface area contributed by atoms with Gasteiger partial charge in [-0.05, 0) is 62.4 Å². The van der Waals surface area contributed by atoms with Crippen molar-refractivity contribution in [1.82, 2.24) is 5.32 Å². The van der Waals surface area contributed by atoms with E-state index in [2.05, 4.69) is 10.6 Å². The first-order valence-electron chi connectivity index (χ1n) is 10.1. The zero-order chi connectivity index (χ0) is 21.3. The average Bonchev–Trinajstić information content (AvgIpc) is 3.36. The topological polar surface area (TPSA) is 102 Å². The Labute approximate surface area is 179 Å². The van der Waals surface area contributed by atoms with Crippen LogP contribution < -0.4 is 15.4 Å². The van der Waals surface area contributed by atoms with Gasteiger partial charge in [-0.1, -0.05) is 0 Å². The van der Waals surface area contributed by atoms with E-state index in [9.17, 15) is 18.0 Å². The number of rotatable bonds is 6. The molecule has 9 heteroatoms. The van der Waals surface area contributed by atoms with Crippen LogP contribution in [0.4, 0.5) is 5.00 Å². The molecule has 0 saturated carbocycles. The first kappa shape index (κ1) is 20.9. The minimum atomic E-state index is -3.09. The summed E-state index contributed by atoms with van der Waals surface area (Å²) in [4.78, 5) is 26.9. The second kappa shape index (κ2) is 8.39. The molecule has 0 radical (unpaired) electrons. The van der Waals surface area contributed by atoms with Crippen molar-refractivity contribution >= 4 is 38.0 Å². The summed E-state index contributed by atoms with van der Waals surface area (Å²) in [6, 6.07) is 6.46. The number of hydrogen-bond donors (Lipinski definition) is 2. The van der Waals surface area contributed by atoms with Crippen LogP contribution in [-0.2, 0) is 22.7 Å². The molecule has 2 aliphatic rings. The van der Waals surface area contributed by atoms with Gasteiger partial charge in [-0.15, -0.1) is 11.3 Å². The summed E-state index contributed by atoms with van der Waals surface area (Å²) in [7, 11) is -3.09.